The monoisotopic (exact) mass is 1250 g/mol. The fraction of sp³-hybridized carbons (Fsp3) is 0.300. The summed E-state index contributed by atoms with van der Waals surface area (Å²) >= 11 is 17.4. The zero-order valence-electron chi connectivity index (χ0n) is 51.6. The van der Waals surface area contributed by atoms with Crippen LogP contribution >= 0.6 is 34.8 Å². The van der Waals surface area contributed by atoms with Crippen LogP contribution in [0.15, 0.2) is 164 Å². The van der Waals surface area contributed by atoms with Crippen molar-refractivity contribution in [3.63, 3.8) is 0 Å². The Morgan fingerprint density at radius 1 is 0.614 bits per heavy atom. The SMILES string of the molecule is C=C(CN(C)C)C(=O)c1cc(C)ccc1C.C=C(CN(C)C)C(=O)c1ccc2c(c1)OCO2.C=C(CN1CCOCC1)C(=O)c1ccccc1.CC(CCl)C(=O)Nc1cccc2c1C(=O)c1ccccc1C2=O.CN(C)CCC(=O)c1ccc(Cl)cc1Cl. The second kappa shape index (κ2) is 34.7. The van der Waals surface area contributed by atoms with Gasteiger partial charge in [0.2, 0.25) is 12.7 Å². The Labute approximate surface area is 532 Å². The first-order valence-electron chi connectivity index (χ1n) is 28.4. The average molecular weight is 1260 g/mol. The molecule has 0 spiro atoms. The molecule has 3 aliphatic rings. The highest BCUT2D eigenvalue weighted by Crippen LogP contribution is 2.34. The molecule has 18 heteroatoms. The average Bonchev–Trinajstić information content (AvgIpc) is 1.28. The highest BCUT2D eigenvalue weighted by Gasteiger charge is 2.32. The summed E-state index contributed by atoms with van der Waals surface area (Å²) in [6.45, 7) is 23.1. The standard InChI is InChI=1S/C18H14ClNO3.C14H17NO2.C14H19NO.C13H15NO3.C11H13Cl2NO/c1-10(9-19)18(23)20-14-8-4-7-13-15(14)17(22)12-6-3-2-5-11(12)16(13)21;1-12(11-15-7-9-17-10-8-15)14(16)13-5-3-2-4-6-13;1-10-6-7-11(2)13(8-10)14(16)12(3)9-15(4)5;1-9(7-14(2)3)13(15)10-4-5-11-12(6-10)17-8-16-11;1-14(2)6-5-11(15)9-4-3-8(12)7-10(9)13/h2-8,10H,9H2,1H3,(H,20,23);2-6H,1,7-11H2;6-8H,3,9H2,1-2,4-5H3;4-6H,1,7-8H2,2-3H3;3-4,7H,5-6H2,1-2H3. The third-order valence-electron chi connectivity index (χ3n) is 13.7. The van der Waals surface area contributed by atoms with E-state index < -0.39 is 5.92 Å². The number of hydrogen-bond acceptors (Lipinski definition) is 14. The normalized spacial score (nSPS) is 13.1. The Hall–Kier alpha value is -7.70. The van der Waals surface area contributed by atoms with Gasteiger partial charge in [0.25, 0.3) is 0 Å². The number of amides is 1. The van der Waals surface area contributed by atoms with Gasteiger partial charge >= 0.3 is 0 Å². The lowest BCUT2D eigenvalue weighted by Gasteiger charge is -2.26. The minimum Gasteiger partial charge on any atom is -0.454 e. The number of hydrogen-bond donors (Lipinski definition) is 1. The van der Waals surface area contributed by atoms with Crippen LogP contribution in [0.1, 0.15) is 97.7 Å². The maximum absolute atomic E-state index is 12.8. The molecule has 6 aromatic rings. The molecule has 9 rings (SSSR count). The Kier molecular flexibility index (Phi) is 28.1. The van der Waals surface area contributed by atoms with E-state index in [0.29, 0.717) is 103 Å². The number of anilines is 1. The van der Waals surface area contributed by atoms with Gasteiger partial charge in [-0.2, -0.15) is 0 Å². The summed E-state index contributed by atoms with van der Waals surface area (Å²) in [6, 6.07) is 36.9. The molecule has 6 aromatic carbocycles. The summed E-state index contributed by atoms with van der Waals surface area (Å²) in [7, 11) is 11.5. The van der Waals surface area contributed by atoms with Crippen molar-refractivity contribution in [3.05, 3.63) is 230 Å². The van der Waals surface area contributed by atoms with E-state index in [1.807, 2.05) is 119 Å². The topological polar surface area (TPSA) is 172 Å². The number of likely N-dealkylation sites (N-methyl/N-ethyl adjacent to an activating group) is 2. The number of alkyl halides is 1. The van der Waals surface area contributed by atoms with Crippen LogP contribution in [0, 0.1) is 19.8 Å². The van der Waals surface area contributed by atoms with E-state index in [9.17, 15) is 33.6 Å². The van der Waals surface area contributed by atoms with E-state index in [-0.39, 0.29) is 58.8 Å². The number of ketones is 6. The number of aryl methyl sites for hydroxylation is 2. The van der Waals surface area contributed by atoms with Crippen molar-refractivity contribution in [1.82, 2.24) is 19.6 Å². The van der Waals surface area contributed by atoms with Crippen LogP contribution in [0.25, 0.3) is 0 Å². The maximum atomic E-state index is 12.8. The number of carbonyl (C=O) groups excluding carboxylic acids is 7. The molecule has 464 valence electrons. The van der Waals surface area contributed by atoms with Crippen LogP contribution in [-0.2, 0) is 9.53 Å². The number of halogens is 3. The van der Waals surface area contributed by atoms with Crippen molar-refractivity contribution < 1.29 is 47.8 Å². The van der Waals surface area contributed by atoms with Crippen LogP contribution in [0.3, 0.4) is 0 Å². The van der Waals surface area contributed by atoms with E-state index >= 15 is 0 Å². The number of nitrogens with zero attached hydrogens (tertiary/aromatic N) is 4. The molecule has 1 saturated heterocycles. The predicted octanol–water partition coefficient (Wildman–Crippen LogP) is 12.5. The fourth-order valence-electron chi connectivity index (χ4n) is 8.97. The molecule has 2 aliphatic heterocycles. The molecule has 0 aromatic heterocycles. The van der Waals surface area contributed by atoms with Crippen molar-refractivity contribution in [3.8, 4) is 11.5 Å². The molecule has 88 heavy (non-hydrogen) atoms. The van der Waals surface area contributed by atoms with Crippen molar-refractivity contribution in [2.75, 3.05) is 113 Å². The second-order valence-corrected chi connectivity index (χ2v) is 23.1. The van der Waals surface area contributed by atoms with E-state index in [2.05, 4.69) is 30.0 Å². The minimum absolute atomic E-state index is 0.0390. The second-order valence-electron chi connectivity index (χ2n) is 22.0. The number of rotatable bonds is 19. The lowest BCUT2D eigenvalue weighted by molar-refractivity contribution is -0.118. The summed E-state index contributed by atoms with van der Waals surface area (Å²) < 4.78 is 15.7. The quantitative estimate of drug-likeness (QED) is 0.0460. The summed E-state index contributed by atoms with van der Waals surface area (Å²) in [5.41, 5.74) is 8.22. The molecule has 0 saturated carbocycles. The van der Waals surface area contributed by atoms with Gasteiger partial charge in [0, 0.05) is 118 Å². The highest BCUT2D eigenvalue weighted by atomic mass is 35.5. The zero-order valence-corrected chi connectivity index (χ0v) is 53.9. The van der Waals surface area contributed by atoms with Gasteiger partial charge in [-0.15, -0.1) is 11.6 Å². The molecule has 1 aliphatic carbocycles. The van der Waals surface area contributed by atoms with Gasteiger partial charge in [-0.3, -0.25) is 38.5 Å². The first kappa shape index (κ1) is 71.1. The number of fused-ring (bicyclic) bond motifs is 3. The van der Waals surface area contributed by atoms with Crippen LogP contribution in [-0.4, -0.2) is 168 Å². The molecule has 0 radical (unpaired) electrons. The number of benzene rings is 6. The molecule has 0 bridgehead atoms. The summed E-state index contributed by atoms with van der Waals surface area (Å²) in [6.07, 6.45) is 0.467. The number of morpholine rings is 1. The van der Waals surface area contributed by atoms with Crippen molar-refractivity contribution >= 4 is 81.1 Å². The Balaban J connectivity index is 0.000000202. The largest absolute Gasteiger partial charge is 0.454 e. The van der Waals surface area contributed by atoms with Gasteiger partial charge in [-0.05, 0) is 110 Å². The zero-order chi connectivity index (χ0) is 64.8. The van der Waals surface area contributed by atoms with Gasteiger partial charge in [0.15, 0.2) is 46.2 Å². The van der Waals surface area contributed by atoms with Crippen molar-refractivity contribution in [2.24, 2.45) is 5.92 Å². The summed E-state index contributed by atoms with van der Waals surface area (Å²) in [4.78, 5) is 93.4. The Bertz CT molecular complexity index is 3520. The van der Waals surface area contributed by atoms with E-state index in [4.69, 9.17) is 49.0 Å². The van der Waals surface area contributed by atoms with Crippen LogP contribution in [0.2, 0.25) is 10.0 Å². The molecular weight excluding hydrogens is 1180 g/mol. The Morgan fingerprint density at radius 3 is 1.82 bits per heavy atom. The third-order valence-corrected chi connectivity index (χ3v) is 14.7. The van der Waals surface area contributed by atoms with Crippen molar-refractivity contribution in [1.29, 1.82) is 0 Å². The summed E-state index contributed by atoms with van der Waals surface area (Å²) in [5.74, 6) is 0.405. The minimum atomic E-state index is -0.394. The van der Waals surface area contributed by atoms with Gasteiger partial charge in [-0.1, -0.05) is 134 Å². The van der Waals surface area contributed by atoms with Gasteiger partial charge in [0.05, 0.1) is 29.5 Å². The number of carbonyl (C=O) groups is 7. The number of Topliss-reactive ketones (excluding diaryl/α,β-unsaturated/α-hetero) is 4. The van der Waals surface area contributed by atoms with Crippen LogP contribution in [0.5, 0.6) is 11.5 Å². The molecule has 1 unspecified atom stereocenters. The van der Waals surface area contributed by atoms with Crippen LogP contribution in [0.4, 0.5) is 5.69 Å². The Morgan fingerprint density at radius 2 is 1.20 bits per heavy atom. The van der Waals surface area contributed by atoms with Crippen LogP contribution < -0.4 is 14.8 Å². The number of ether oxygens (including phenoxy) is 3. The van der Waals surface area contributed by atoms with E-state index in [0.717, 1.165) is 49.5 Å². The highest BCUT2D eigenvalue weighted by molar-refractivity contribution is 6.37. The van der Waals surface area contributed by atoms with E-state index in [1.165, 1.54) is 0 Å². The smallest absolute Gasteiger partial charge is 0.231 e. The number of nitrogens with one attached hydrogen (secondary N) is 1. The molecular formula is C70H78Cl3N5O10. The van der Waals surface area contributed by atoms with E-state index in [1.54, 1.807) is 85.8 Å². The fourth-order valence-corrected chi connectivity index (χ4v) is 9.62. The molecule has 15 nitrogen and oxygen atoms in total. The molecule has 2 heterocycles. The third kappa shape index (κ3) is 21.0. The maximum Gasteiger partial charge on any atom is 0.231 e. The van der Waals surface area contributed by atoms with Gasteiger partial charge in [0.1, 0.15) is 0 Å². The predicted molar refractivity (Wildman–Crippen MR) is 352 cm³/mol. The lowest BCUT2D eigenvalue weighted by Crippen LogP contribution is -2.38. The molecule has 1 fully saturated rings. The first-order valence-corrected chi connectivity index (χ1v) is 29.7. The van der Waals surface area contributed by atoms with Crippen molar-refractivity contribution in [2.45, 2.75) is 27.2 Å². The summed E-state index contributed by atoms with van der Waals surface area (Å²) in [5, 5.41) is 3.67. The molecule has 1 N–H and O–H groups in total. The van der Waals surface area contributed by atoms with Gasteiger partial charge in [-0.25, -0.2) is 0 Å². The van der Waals surface area contributed by atoms with Gasteiger partial charge < -0.3 is 34.2 Å². The first-order chi connectivity index (χ1) is 41.8. The lowest BCUT2D eigenvalue weighted by atomic mass is 9.83. The molecule has 1 atom stereocenters. The molecule has 1 amide bonds.